The number of halogens is 2. The Bertz CT molecular complexity index is 209. The average Bonchev–Trinajstić information content (AvgIpc) is 2.14. The van der Waals surface area contributed by atoms with Gasteiger partial charge in [0, 0.05) is 6.08 Å². The van der Waals surface area contributed by atoms with E-state index in [1.165, 1.54) is 12.2 Å². The second kappa shape index (κ2) is 2.09. The molecular formula is C6H5F2O+. The molecule has 1 rings (SSSR count). The van der Waals surface area contributed by atoms with Crippen molar-refractivity contribution < 1.29 is 13.2 Å². The first kappa shape index (κ1) is 6.13. The molecule has 0 atom stereocenters. The van der Waals surface area contributed by atoms with Crippen LogP contribution in [0.4, 0.5) is 8.78 Å². The molecule has 9 heavy (non-hydrogen) atoms. The number of carbonyl (C=O) groups excluding carboxylic acids is 1. The summed E-state index contributed by atoms with van der Waals surface area (Å²) in [6.45, 7) is 1.62. The lowest BCUT2D eigenvalue weighted by molar-refractivity contribution is -0.390. The largest absolute Gasteiger partial charge is 0.417 e. The van der Waals surface area contributed by atoms with Crippen LogP contribution in [0.15, 0.2) is 24.0 Å². The van der Waals surface area contributed by atoms with Crippen molar-refractivity contribution in [1.29, 1.82) is 0 Å². The minimum absolute atomic E-state index is 0.340. The van der Waals surface area contributed by atoms with Crippen molar-refractivity contribution in [2.24, 2.45) is 0 Å². The summed E-state index contributed by atoms with van der Waals surface area (Å²) in [5, 5.41) is 0. The summed E-state index contributed by atoms with van der Waals surface area (Å²) in [7, 11) is 0. The van der Waals surface area contributed by atoms with Crippen LogP contribution in [0.5, 0.6) is 0 Å². The van der Waals surface area contributed by atoms with Crippen molar-refractivity contribution >= 4 is 5.78 Å². The van der Waals surface area contributed by atoms with Gasteiger partial charge >= 0.3 is 17.6 Å². The van der Waals surface area contributed by atoms with Crippen LogP contribution in [0.1, 0.15) is 6.92 Å². The van der Waals surface area contributed by atoms with Crippen LogP contribution in [0.25, 0.3) is 0 Å². The van der Waals surface area contributed by atoms with Crippen molar-refractivity contribution in [2.75, 3.05) is 0 Å². The molecule has 0 amide bonds. The molecule has 0 aliphatic carbocycles. The Morgan fingerprint density at radius 2 is 2.11 bits per heavy atom. The summed E-state index contributed by atoms with van der Waals surface area (Å²) in [4.78, 5) is 0. The van der Waals surface area contributed by atoms with Gasteiger partial charge in [0.15, 0.2) is 0 Å². The van der Waals surface area contributed by atoms with Crippen molar-refractivity contribution in [3.63, 3.8) is 0 Å². The molecule has 0 aromatic heterocycles. The fraction of sp³-hybridized carbons (Fsp3) is 0.167. The second-order valence-electron chi connectivity index (χ2n) is 1.67. The van der Waals surface area contributed by atoms with Gasteiger partial charge in [-0.05, 0) is 0 Å². The molecule has 0 radical (unpaired) electrons. The summed E-state index contributed by atoms with van der Waals surface area (Å²) in [6, 6.07) is 0. The fourth-order valence-electron chi connectivity index (χ4n) is 0.536. The number of hydrogen-bond acceptors (Lipinski definition) is 0. The Balaban J connectivity index is 2.95. The molecule has 0 bridgehead atoms. The van der Waals surface area contributed by atoms with Crippen LogP contribution in [-0.4, -0.2) is 5.78 Å². The number of allylic oxidation sites excluding steroid dienone is 2. The third-order valence-corrected chi connectivity index (χ3v) is 0.927. The lowest BCUT2D eigenvalue weighted by Crippen LogP contribution is -1.81. The SMILES string of the molecule is CC1=[O+]C(=C(F)F)C=C1. The van der Waals surface area contributed by atoms with E-state index in [9.17, 15) is 8.78 Å². The molecule has 1 aliphatic heterocycles. The van der Waals surface area contributed by atoms with Gasteiger partial charge < -0.3 is 0 Å². The highest BCUT2D eigenvalue weighted by atomic mass is 19.3. The Morgan fingerprint density at radius 1 is 1.44 bits per heavy atom. The van der Waals surface area contributed by atoms with Crippen LogP contribution >= 0.6 is 0 Å². The van der Waals surface area contributed by atoms with Gasteiger partial charge in [0.1, 0.15) is 0 Å². The summed E-state index contributed by atoms with van der Waals surface area (Å²) >= 11 is 0. The molecule has 0 fully saturated rings. The standard InChI is InChI=1S/C6H5F2O/c1-4-2-3-5(9-4)6(7)8/h2-3H,1H3/q+1. The first-order chi connectivity index (χ1) is 4.20. The highest BCUT2D eigenvalue weighted by Gasteiger charge is 2.20. The topological polar surface area (TPSA) is 11.3 Å². The predicted octanol–water partition coefficient (Wildman–Crippen LogP) is 1.79. The number of hydrogen-bond donors (Lipinski definition) is 0. The molecule has 0 aromatic rings. The number of rotatable bonds is 0. The van der Waals surface area contributed by atoms with Crippen molar-refractivity contribution in [3.05, 3.63) is 24.0 Å². The Morgan fingerprint density at radius 3 is 2.33 bits per heavy atom. The fourth-order valence-corrected chi connectivity index (χ4v) is 0.536. The van der Waals surface area contributed by atoms with Crippen LogP contribution in [0, 0.1) is 0 Å². The molecule has 0 N–H and O–H groups in total. The first-order valence-electron chi connectivity index (χ1n) is 2.45. The minimum atomic E-state index is -1.77. The smallest absolute Gasteiger partial charge is 0.207 e. The lowest BCUT2D eigenvalue weighted by atomic mass is 10.4. The summed E-state index contributed by atoms with van der Waals surface area (Å²) in [5.74, 6) is 0.158. The molecule has 48 valence electrons. The predicted molar refractivity (Wildman–Crippen MR) is 29.1 cm³/mol. The monoisotopic (exact) mass is 131 g/mol. The van der Waals surface area contributed by atoms with Gasteiger partial charge in [-0.25, -0.2) is 4.42 Å². The van der Waals surface area contributed by atoms with E-state index in [1.54, 1.807) is 6.92 Å². The van der Waals surface area contributed by atoms with E-state index in [0.717, 1.165) is 0 Å². The molecule has 0 spiro atoms. The third kappa shape index (κ3) is 1.22. The molecule has 1 aliphatic rings. The Labute approximate surface area is 51.0 Å². The van der Waals surface area contributed by atoms with Crippen molar-refractivity contribution in [2.45, 2.75) is 6.92 Å². The highest BCUT2D eigenvalue weighted by molar-refractivity contribution is 5.89. The molecule has 0 unspecified atom stereocenters. The Kier molecular flexibility index (Phi) is 1.42. The summed E-state index contributed by atoms with van der Waals surface area (Å²) in [5.41, 5.74) is 0. The maximum absolute atomic E-state index is 11.6. The van der Waals surface area contributed by atoms with Gasteiger partial charge in [-0.15, -0.1) is 0 Å². The van der Waals surface area contributed by atoms with Gasteiger partial charge in [0.2, 0.25) is 0 Å². The zero-order valence-electron chi connectivity index (χ0n) is 4.82. The molecular weight excluding hydrogens is 126 g/mol. The lowest BCUT2D eigenvalue weighted by Gasteiger charge is -1.69. The van der Waals surface area contributed by atoms with Crippen molar-refractivity contribution in [1.82, 2.24) is 0 Å². The van der Waals surface area contributed by atoms with Gasteiger partial charge in [-0.3, -0.25) is 0 Å². The van der Waals surface area contributed by atoms with E-state index in [-0.39, 0.29) is 5.76 Å². The summed E-state index contributed by atoms with van der Waals surface area (Å²) in [6.07, 6.45) is 0.960. The normalized spacial score (nSPS) is 16.3. The van der Waals surface area contributed by atoms with E-state index in [2.05, 4.69) is 4.42 Å². The molecule has 3 heteroatoms. The molecule has 1 heterocycles. The minimum Gasteiger partial charge on any atom is -0.207 e. The van der Waals surface area contributed by atoms with Gasteiger partial charge in [-0.2, -0.15) is 8.78 Å². The van der Waals surface area contributed by atoms with Gasteiger partial charge in [0.05, 0.1) is 13.0 Å². The molecule has 0 aromatic carbocycles. The van der Waals surface area contributed by atoms with E-state index in [0.29, 0.717) is 5.78 Å². The maximum Gasteiger partial charge on any atom is 0.417 e. The maximum atomic E-state index is 11.6. The zero-order chi connectivity index (χ0) is 6.85. The molecule has 1 nitrogen and oxygen atoms in total. The van der Waals surface area contributed by atoms with Crippen molar-refractivity contribution in [3.8, 4) is 0 Å². The zero-order valence-corrected chi connectivity index (χ0v) is 4.82. The second-order valence-corrected chi connectivity index (χ2v) is 1.67. The molecule has 0 saturated heterocycles. The van der Waals surface area contributed by atoms with E-state index in [1.807, 2.05) is 0 Å². The summed E-state index contributed by atoms with van der Waals surface area (Å²) < 4.78 is 27.8. The van der Waals surface area contributed by atoms with Gasteiger partial charge in [0.25, 0.3) is 0 Å². The van der Waals surface area contributed by atoms with Crippen LogP contribution < -0.4 is 0 Å². The third-order valence-electron chi connectivity index (χ3n) is 0.927. The average molecular weight is 131 g/mol. The van der Waals surface area contributed by atoms with Gasteiger partial charge in [-0.1, -0.05) is 0 Å². The van der Waals surface area contributed by atoms with E-state index < -0.39 is 6.08 Å². The molecule has 0 saturated carbocycles. The van der Waals surface area contributed by atoms with Crippen LogP contribution in [0.2, 0.25) is 0 Å². The van der Waals surface area contributed by atoms with Crippen LogP contribution in [-0.2, 0) is 4.42 Å². The van der Waals surface area contributed by atoms with Crippen LogP contribution in [0.3, 0.4) is 0 Å². The Hall–Kier alpha value is -0.990. The first-order valence-corrected chi connectivity index (χ1v) is 2.45. The van der Waals surface area contributed by atoms with E-state index in [4.69, 9.17) is 0 Å². The quantitative estimate of drug-likeness (QED) is 0.444. The number of ketones is 1. The van der Waals surface area contributed by atoms with E-state index >= 15 is 0 Å². The highest BCUT2D eigenvalue weighted by Crippen LogP contribution is 2.11.